The molecule has 8 nitrogen and oxygen atoms in total. The van der Waals surface area contributed by atoms with Crippen LogP contribution in [0.1, 0.15) is 0 Å². The summed E-state index contributed by atoms with van der Waals surface area (Å²) in [4.78, 5) is 15.0. The predicted octanol–water partition coefficient (Wildman–Crippen LogP) is 3.36. The third-order valence-electron chi connectivity index (χ3n) is 5.64. The van der Waals surface area contributed by atoms with Crippen molar-refractivity contribution in [1.82, 2.24) is 0 Å². The number of fused-ring (bicyclic) bond motifs is 1. The van der Waals surface area contributed by atoms with E-state index in [1.165, 1.54) is 0 Å². The van der Waals surface area contributed by atoms with Crippen LogP contribution in [0, 0.1) is 0 Å². The summed E-state index contributed by atoms with van der Waals surface area (Å²) in [5.74, 6) is 0.497. The first kappa shape index (κ1) is 25.3. The van der Waals surface area contributed by atoms with Crippen molar-refractivity contribution in [3.8, 4) is 11.1 Å². The van der Waals surface area contributed by atoms with Crippen molar-refractivity contribution in [2.75, 3.05) is 84.1 Å². The normalized spacial score (nSPS) is 18.1. The van der Waals surface area contributed by atoms with Crippen LogP contribution in [0.4, 0.5) is 5.88 Å². The van der Waals surface area contributed by atoms with Gasteiger partial charge in [-0.05, 0) is 11.6 Å². The maximum atomic E-state index is 13.0. The van der Waals surface area contributed by atoms with Crippen molar-refractivity contribution in [3.05, 3.63) is 64.8 Å². The van der Waals surface area contributed by atoms with Crippen LogP contribution in [0.2, 0.25) is 0 Å². The van der Waals surface area contributed by atoms with Gasteiger partial charge in [-0.3, -0.25) is 4.79 Å². The maximum absolute atomic E-state index is 13.0. The van der Waals surface area contributed by atoms with Crippen LogP contribution in [-0.4, -0.2) is 79.2 Å². The molecule has 4 rings (SSSR count). The summed E-state index contributed by atoms with van der Waals surface area (Å²) in [6.45, 7) is 6.06. The topological polar surface area (TPSA) is 79.6 Å². The fraction of sp³-hybridized carbons (Fsp3) is 0.444. The Balaban J connectivity index is 1.52. The monoisotopic (exact) mass is 483 g/mol. The highest BCUT2D eigenvalue weighted by Crippen LogP contribution is 2.29. The summed E-state index contributed by atoms with van der Waals surface area (Å²) in [5, 5.41) is 0.558. The van der Waals surface area contributed by atoms with Crippen molar-refractivity contribution < 1.29 is 28.1 Å². The van der Waals surface area contributed by atoms with E-state index in [1.807, 2.05) is 47.4 Å². The number of para-hydroxylation sites is 1. The van der Waals surface area contributed by atoms with Gasteiger partial charge in [0.1, 0.15) is 5.58 Å². The molecule has 0 spiro atoms. The van der Waals surface area contributed by atoms with Gasteiger partial charge in [0.25, 0.3) is 0 Å². The molecule has 0 N–H and O–H groups in total. The van der Waals surface area contributed by atoms with Crippen LogP contribution in [0.3, 0.4) is 0 Å². The Kier molecular flexibility index (Phi) is 10.1. The van der Waals surface area contributed by atoms with Gasteiger partial charge in [0, 0.05) is 24.7 Å². The Morgan fingerprint density at radius 2 is 1.14 bits per heavy atom. The molecule has 2 heterocycles. The molecular weight excluding hydrogens is 450 g/mol. The van der Waals surface area contributed by atoms with Gasteiger partial charge in [-0.2, -0.15) is 0 Å². The fourth-order valence-corrected chi connectivity index (χ4v) is 3.83. The van der Waals surface area contributed by atoms with Crippen LogP contribution in [-0.2, 0) is 23.7 Å². The lowest BCUT2D eigenvalue weighted by atomic mass is 10.0. The number of anilines is 1. The second kappa shape index (κ2) is 14.0. The molecule has 0 saturated carbocycles. The summed E-state index contributed by atoms with van der Waals surface area (Å²) in [5.41, 5.74) is 2.38. The average molecular weight is 484 g/mol. The zero-order valence-corrected chi connectivity index (χ0v) is 20.0. The highest BCUT2D eigenvalue weighted by Gasteiger charge is 2.15. The minimum atomic E-state index is -0.0793. The van der Waals surface area contributed by atoms with Gasteiger partial charge in [-0.1, -0.05) is 42.5 Å². The molecular formula is C27H33NO7. The van der Waals surface area contributed by atoms with Crippen LogP contribution < -0.4 is 10.3 Å². The lowest BCUT2D eigenvalue weighted by Crippen LogP contribution is -2.32. The number of ether oxygens (including phenoxy) is 5. The zero-order chi connectivity index (χ0) is 24.1. The standard InChI is InChI=1S/C27H33NO7/c29-25-21-26(35-27-23(7-4-8-24(25)27)22-5-2-1-3-6-22)28-9-11-30-13-15-32-17-19-34-20-18-33-16-14-31-12-10-28/h1-8,21H,9-20H2. The predicted molar refractivity (Wildman–Crippen MR) is 134 cm³/mol. The van der Waals surface area contributed by atoms with Crippen LogP contribution >= 0.6 is 0 Å². The van der Waals surface area contributed by atoms with E-state index in [4.69, 9.17) is 28.1 Å². The fourth-order valence-electron chi connectivity index (χ4n) is 3.83. The Morgan fingerprint density at radius 1 is 0.600 bits per heavy atom. The molecule has 0 aliphatic carbocycles. The third kappa shape index (κ3) is 7.62. The van der Waals surface area contributed by atoms with Gasteiger partial charge < -0.3 is 33.0 Å². The largest absolute Gasteiger partial charge is 0.440 e. The molecule has 1 aliphatic heterocycles. The first-order valence-electron chi connectivity index (χ1n) is 12.1. The summed E-state index contributed by atoms with van der Waals surface area (Å²) in [7, 11) is 0. The maximum Gasteiger partial charge on any atom is 0.200 e. The Bertz CT molecular complexity index is 1070. The molecule has 2 aromatic carbocycles. The van der Waals surface area contributed by atoms with E-state index in [0.29, 0.717) is 96.0 Å². The van der Waals surface area contributed by atoms with Crippen molar-refractivity contribution >= 4 is 16.9 Å². The van der Waals surface area contributed by atoms with Crippen molar-refractivity contribution in [1.29, 1.82) is 0 Å². The summed E-state index contributed by atoms with van der Waals surface area (Å²) in [6, 6.07) is 17.1. The third-order valence-corrected chi connectivity index (χ3v) is 5.64. The molecule has 8 heteroatoms. The molecule has 3 aromatic rings. The summed E-state index contributed by atoms with van der Waals surface area (Å²) >= 11 is 0. The van der Waals surface area contributed by atoms with E-state index in [0.717, 1.165) is 11.1 Å². The highest BCUT2D eigenvalue weighted by molar-refractivity contribution is 5.92. The molecule has 1 fully saturated rings. The minimum absolute atomic E-state index is 0.0793. The van der Waals surface area contributed by atoms with E-state index < -0.39 is 0 Å². The molecule has 1 aromatic heterocycles. The summed E-state index contributed by atoms with van der Waals surface area (Å²) in [6.07, 6.45) is 0. The first-order chi connectivity index (χ1) is 17.3. The van der Waals surface area contributed by atoms with Gasteiger partial charge in [-0.15, -0.1) is 0 Å². The molecule has 0 atom stereocenters. The van der Waals surface area contributed by atoms with Crippen molar-refractivity contribution in [3.63, 3.8) is 0 Å². The van der Waals surface area contributed by atoms with E-state index in [-0.39, 0.29) is 5.43 Å². The Hall–Kier alpha value is -2.75. The van der Waals surface area contributed by atoms with Gasteiger partial charge in [0.2, 0.25) is 0 Å². The number of hydrogen-bond donors (Lipinski definition) is 0. The van der Waals surface area contributed by atoms with E-state index in [9.17, 15) is 4.79 Å². The van der Waals surface area contributed by atoms with Gasteiger partial charge in [0.15, 0.2) is 11.3 Å². The molecule has 35 heavy (non-hydrogen) atoms. The SMILES string of the molecule is O=c1cc(N2CCOCCOCCOCCOCCOCC2)oc2c(-c3ccccc3)cccc12. The van der Waals surface area contributed by atoms with Crippen molar-refractivity contribution in [2.24, 2.45) is 0 Å². The number of nitrogens with zero attached hydrogens (tertiary/aromatic N) is 1. The second-order valence-corrected chi connectivity index (χ2v) is 8.05. The number of hydrogen-bond acceptors (Lipinski definition) is 8. The average Bonchev–Trinajstić information content (AvgIpc) is 2.89. The smallest absolute Gasteiger partial charge is 0.200 e. The van der Waals surface area contributed by atoms with E-state index in [1.54, 1.807) is 12.1 Å². The Labute approximate surface area is 205 Å². The Morgan fingerprint density at radius 3 is 1.71 bits per heavy atom. The van der Waals surface area contributed by atoms with Gasteiger partial charge >= 0.3 is 0 Å². The number of benzene rings is 2. The second-order valence-electron chi connectivity index (χ2n) is 8.05. The van der Waals surface area contributed by atoms with Gasteiger partial charge in [-0.25, -0.2) is 0 Å². The molecule has 1 aliphatic rings. The van der Waals surface area contributed by atoms with E-state index >= 15 is 0 Å². The minimum Gasteiger partial charge on any atom is -0.440 e. The highest BCUT2D eigenvalue weighted by atomic mass is 16.6. The lowest BCUT2D eigenvalue weighted by Gasteiger charge is -2.23. The van der Waals surface area contributed by atoms with Crippen molar-refractivity contribution in [2.45, 2.75) is 0 Å². The molecule has 0 unspecified atom stereocenters. The van der Waals surface area contributed by atoms with Crippen LogP contribution in [0.5, 0.6) is 0 Å². The van der Waals surface area contributed by atoms with E-state index in [2.05, 4.69) is 0 Å². The zero-order valence-electron chi connectivity index (χ0n) is 20.0. The molecule has 0 amide bonds. The molecule has 0 radical (unpaired) electrons. The molecule has 1 saturated heterocycles. The lowest BCUT2D eigenvalue weighted by molar-refractivity contribution is -0.0117. The van der Waals surface area contributed by atoms with Crippen LogP contribution in [0.25, 0.3) is 22.1 Å². The molecule has 0 bridgehead atoms. The number of rotatable bonds is 2. The van der Waals surface area contributed by atoms with Crippen LogP contribution in [0.15, 0.2) is 63.8 Å². The quantitative estimate of drug-likeness (QED) is 0.549. The molecule has 188 valence electrons. The first-order valence-corrected chi connectivity index (χ1v) is 12.1. The summed E-state index contributed by atoms with van der Waals surface area (Å²) < 4.78 is 34.4. The van der Waals surface area contributed by atoms with Gasteiger partial charge in [0.05, 0.1) is 71.5 Å².